The van der Waals surface area contributed by atoms with Crippen LogP contribution in [0.5, 0.6) is 0 Å². The molecule has 1 saturated heterocycles. The van der Waals surface area contributed by atoms with E-state index in [-0.39, 0.29) is 17.7 Å². The summed E-state index contributed by atoms with van der Waals surface area (Å²) in [6, 6.07) is 22.3. The maximum Gasteiger partial charge on any atom is 0.247 e. The fraction of sp³-hybridized carbons (Fsp3) is 0.200. The van der Waals surface area contributed by atoms with Crippen LogP contribution in [0.25, 0.3) is 11.5 Å². The first kappa shape index (κ1) is 20.3. The van der Waals surface area contributed by atoms with Gasteiger partial charge < -0.3 is 9.32 Å². The van der Waals surface area contributed by atoms with Crippen LogP contribution in [0.2, 0.25) is 0 Å². The molecule has 0 radical (unpaired) electrons. The van der Waals surface area contributed by atoms with Crippen molar-refractivity contribution in [1.29, 1.82) is 0 Å². The van der Waals surface area contributed by atoms with E-state index in [4.69, 9.17) is 4.42 Å². The standard InChI is InChI=1S/C25H22F2N4O/c26-20-8-6-18(7-9-20)23(25-29-28-24(32-25)19-4-2-1-3-5-19)31-16-14-30(15-17-31)22-12-10-21(27)11-13-22/h1-13,23H,14-17H2/t23-/m1/s1. The molecule has 0 unspecified atom stereocenters. The van der Waals surface area contributed by atoms with Crippen molar-refractivity contribution in [1.82, 2.24) is 15.1 Å². The monoisotopic (exact) mass is 432 g/mol. The molecule has 1 aliphatic heterocycles. The fourth-order valence-electron chi connectivity index (χ4n) is 4.09. The van der Waals surface area contributed by atoms with Gasteiger partial charge in [-0.3, -0.25) is 4.90 Å². The van der Waals surface area contributed by atoms with E-state index in [2.05, 4.69) is 20.0 Å². The lowest BCUT2D eigenvalue weighted by molar-refractivity contribution is 0.188. The van der Waals surface area contributed by atoms with Crippen LogP contribution < -0.4 is 4.90 Å². The smallest absolute Gasteiger partial charge is 0.247 e. The van der Waals surface area contributed by atoms with Crippen LogP contribution >= 0.6 is 0 Å². The first-order valence-corrected chi connectivity index (χ1v) is 10.6. The van der Waals surface area contributed by atoms with Gasteiger partial charge >= 0.3 is 0 Å². The molecule has 0 saturated carbocycles. The zero-order valence-electron chi connectivity index (χ0n) is 17.4. The average Bonchev–Trinajstić information content (AvgIpc) is 3.32. The van der Waals surface area contributed by atoms with Crippen LogP contribution in [-0.4, -0.2) is 41.3 Å². The van der Waals surface area contributed by atoms with Crippen molar-refractivity contribution in [2.45, 2.75) is 6.04 Å². The summed E-state index contributed by atoms with van der Waals surface area (Å²) in [6.45, 7) is 3.01. The molecule has 7 heteroatoms. The summed E-state index contributed by atoms with van der Waals surface area (Å²) in [4.78, 5) is 4.48. The van der Waals surface area contributed by atoms with Gasteiger partial charge in [0.2, 0.25) is 11.8 Å². The van der Waals surface area contributed by atoms with E-state index in [1.54, 1.807) is 24.3 Å². The van der Waals surface area contributed by atoms with Crippen LogP contribution in [-0.2, 0) is 0 Å². The van der Waals surface area contributed by atoms with Gasteiger partial charge in [0.1, 0.15) is 17.7 Å². The molecule has 5 rings (SSSR count). The Hall–Kier alpha value is -3.58. The van der Waals surface area contributed by atoms with Crippen molar-refractivity contribution in [3.8, 4) is 11.5 Å². The number of piperazine rings is 1. The number of nitrogens with zero attached hydrogens (tertiary/aromatic N) is 4. The van der Waals surface area contributed by atoms with Gasteiger partial charge in [-0.25, -0.2) is 8.78 Å². The van der Waals surface area contributed by atoms with Gasteiger partial charge in [0.15, 0.2) is 0 Å². The summed E-state index contributed by atoms with van der Waals surface area (Å²) in [5, 5.41) is 8.60. The van der Waals surface area contributed by atoms with E-state index in [0.29, 0.717) is 11.8 Å². The predicted molar refractivity (Wildman–Crippen MR) is 118 cm³/mol. The van der Waals surface area contributed by atoms with E-state index in [0.717, 1.165) is 43.0 Å². The molecule has 0 aliphatic carbocycles. The molecule has 2 heterocycles. The molecule has 162 valence electrons. The second kappa shape index (κ2) is 8.88. The van der Waals surface area contributed by atoms with Gasteiger partial charge in [-0.15, -0.1) is 10.2 Å². The second-order valence-corrected chi connectivity index (χ2v) is 7.76. The van der Waals surface area contributed by atoms with E-state index in [1.165, 1.54) is 24.3 Å². The zero-order chi connectivity index (χ0) is 21.9. The number of hydrogen-bond acceptors (Lipinski definition) is 5. The summed E-state index contributed by atoms with van der Waals surface area (Å²) in [6.07, 6.45) is 0. The number of benzene rings is 3. The van der Waals surface area contributed by atoms with Crippen molar-refractivity contribution in [2.75, 3.05) is 31.1 Å². The predicted octanol–water partition coefficient (Wildman–Crippen LogP) is 4.93. The highest BCUT2D eigenvalue weighted by Gasteiger charge is 2.31. The lowest BCUT2D eigenvalue weighted by Crippen LogP contribution is -2.48. The van der Waals surface area contributed by atoms with Crippen LogP contribution in [0.15, 0.2) is 83.3 Å². The molecule has 0 bridgehead atoms. The van der Waals surface area contributed by atoms with Crippen molar-refractivity contribution in [2.24, 2.45) is 0 Å². The molecule has 4 aromatic rings. The molecular formula is C25H22F2N4O. The third kappa shape index (κ3) is 4.24. The Labute approximate surface area is 184 Å². The molecule has 5 nitrogen and oxygen atoms in total. The molecular weight excluding hydrogens is 410 g/mol. The fourth-order valence-corrected chi connectivity index (χ4v) is 4.09. The average molecular weight is 432 g/mol. The van der Waals surface area contributed by atoms with E-state index in [9.17, 15) is 8.78 Å². The summed E-state index contributed by atoms with van der Waals surface area (Å²) in [5.41, 5.74) is 2.74. The number of hydrogen-bond donors (Lipinski definition) is 0. The summed E-state index contributed by atoms with van der Waals surface area (Å²) in [7, 11) is 0. The molecule has 1 atom stereocenters. The van der Waals surface area contributed by atoms with Crippen LogP contribution in [0, 0.1) is 11.6 Å². The molecule has 0 spiro atoms. The van der Waals surface area contributed by atoms with Crippen LogP contribution in [0.1, 0.15) is 17.5 Å². The second-order valence-electron chi connectivity index (χ2n) is 7.76. The normalized spacial score (nSPS) is 15.6. The lowest BCUT2D eigenvalue weighted by Gasteiger charge is -2.39. The third-order valence-corrected chi connectivity index (χ3v) is 5.75. The van der Waals surface area contributed by atoms with E-state index < -0.39 is 0 Å². The first-order valence-electron chi connectivity index (χ1n) is 10.6. The van der Waals surface area contributed by atoms with E-state index in [1.807, 2.05) is 30.3 Å². The lowest BCUT2D eigenvalue weighted by atomic mass is 10.0. The van der Waals surface area contributed by atoms with E-state index >= 15 is 0 Å². The van der Waals surface area contributed by atoms with Crippen molar-refractivity contribution in [3.05, 3.63) is 102 Å². The Morgan fingerprint density at radius 2 is 1.34 bits per heavy atom. The number of anilines is 1. The Morgan fingerprint density at radius 1 is 0.719 bits per heavy atom. The van der Waals surface area contributed by atoms with Crippen molar-refractivity contribution in [3.63, 3.8) is 0 Å². The number of halogens is 2. The number of rotatable bonds is 5. The highest BCUT2D eigenvalue weighted by molar-refractivity contribution is 5.52. The van der Waals surface area contributed by atoms with Gasteiger partial charge in [0.25, 0.3) is 0 Å². The maximum absolute atomic E-state index is 13.6. The topological polar surface area (TPSA) is 45.4 Å². The molecule has 0 amide bonds. The SMILES string of the molecule is Fc1ccc([C@H](c2nnc(-c3ccccc3)o2)N2CCN(c3ccc(F)cc3)CC2)cc1. The Morgan fingerprint density at radius 3 is 2.00 bits per heavy atom. The maximum atomic E-state index is 13.6. The highest BCUT2D eigenvalue weighted by Crippen LogP contribution is 2.31. The van der Waals surface area contributed by atoms with Crippen molar-refractivity contribution < 1.29 is 13.2 Å². The van der Waals surface area contributed by atoms with Gasteiger partial charge in [0.05, 0.1) is 0 Å². The minimum absolute atomic E-state index is 0.241. The molecule has 1 fully saturated rings. The van der Waals surface area contributed by atoms with Gasteiger partial charge in [-0.1, -0.05) is 30.3 Å². The Bertz CT molecular complexity index is 1150. The summed E-state index contributed by atoms with van der Waals surface area (Å²) in [5.74, 6) is 0.404. The highest BCUT2D eigenvalue weighted by atomic mass is 19.1. The minimum Gasteiger partial charge on any atom is -0.419 e. The molecule has 32 heavy (non-hydrogen) atoms. The third-order valence-electron chi connectivity index (χ3n) is 5.75. The molecule has 1 aromatic heterocycles. The molecule has 1 aliphatic rings. The zero-order valence-corrected chi connectivity index (χ0v) is 17.4. The minimum atomic E-state index is -0.288. The largest absolute Gasteiger partial charge is 0.419 e. The summed E-state index contributed by atoms with van der Waals surface area (Å²) < 4.78 is 32.9. The quantitative estimate of drug-likeness (QED) is 0.448. The Balaban J connectivity index is 1.41. The molecule has 3 aromatic carbocycles. The van der Waals surface area contributed by atoms with Gasteiger partial charge in [0, 0.05) is 37.4 Å². The Kier molecular flexibility index (Phi) is 5.64. The summed E-state index contributed by atoms with van der Waals surface area (Å²) >= 11 is 0. The van der Waals surface area contributed by atoms with Gasteiger partial charge in [-0.2, -0.15) is 0 Å². The van der Waals surface area contributed by atoms with Crippen LogP contribution in [0.3, 0.4) is 0 Å². The first-order chi connectivity index (χ1) is 15.7. The van der Waals surface area contributed by atoms with Crippen molar-refractivity contribution >= 4 is 5.69 Å². The molecule has 0 N–H and O–H groups in total. The number of aromatic nitrogens is 2. The van der Waals surface area contributed by atoms with Gasteiger partial charge in [-0.05, 0) is 54.1 Å². The van der Waals surface area contributed by atoms with Crippen LogP contribution in [0.4, 0.5) is 14.5 Å².